The van der Waals surface area contributed by atoms with Crippen LogP contribution >= 0.6 is 11.3 Å². The molecule has 246 valence electrons. The Hall–Kier alpha value is -5.84. The van der Waals surface area contributed by atoms with E-state index in [4.69, 9.17) is 0 Å². The molecule has 5 aromatic carbocycles. The molecule has 10 aromatic rings. The Kier molecular flexibility index (Phi) is 5.39. The number of pyridine rings is 2. The van der Waals surface area contributed by atoms with E-state index in [0.29, 0.717) is 0 Å². The van der Waals surface area contributed by atoms with Gasteiger partial charge < -0.3 is 4.40 Å². The molecule has 0 saturated carbocycles. The first kappa shape index (κ1) is 28.8. The first-order valence-corrected chi connectivity index (χ1v) is 19.1. The van der Waals surface area contributed by atoms with Crippen LogP contribution in [0.2, 0.25) is 0 Å². The van der Waals surface area contributed by atoms with Crippen LogP contribution in [-0.4, -0.2) is 4.40 Å². The molecule has 0 N–H and O–H groups in total. The normalized spacial score (nSPS) is 20.8. The third kappa shape index (κ3) is 3.25. The number of benzene rings is 5. The van der Waals surface area contributed by atoms with Crippen molar-refractivity contribution in [2.24, 2.45) is 0 Å². The summed E-state index contributed by atoms with van der Waals surface area (Å²) in [4.78, 5) is 0. The number of hydrogen-bond acceptors (Lipinski definition) is 1. The van der Waals surface area contributed by atoms with Crippen LogP contribution in [0, 0.1) is 0 Å². The van der Waals surface area contributed by atoms with Crippen LogP contribution < -0.4 is 9.13 Å². The van der Waals surface area contributed by atoms with Crippen LogP contribution in [0.4, 0.5) is 0 Å². The molecule has 7 heterocycles. The Morgan fingerprint density at radius 2 is 1.44 bits per heavy atom. The van der Waals surface area contributed by atoms with Gasteiger partial charge in [0.2, 0.25) is 11.4 Å². The number of hydrogen-bond donors (Lipinski definition) is 0. The Morgan fingerprint density at radius 1 is 0.673 bits per heavy atom. The quantitative estimate of drug-likeness (QED) is 0.127. The molecule has 0 radical (unpaired) electrons. The van der Waals surface area contributed by atoms with Crippen LogP contribution in [0.25, 0.3) is 80.8 Å². The van der Waals surface area contributed by atoms with Gasteiger partial charge in [-0.3, -0.25) is 0 Å². The zero-order chi connectivity index (χ0) is 34.5. The Bertz CT molecular complexity index is 3180. The number of allylic oxidation sites excluding steroid dienone is 1. The van der Waals surface area contributed by atoms with Crippen molar-refractivity contribution in [3.8, 4) is 22.5 Å². The van der Waals surface area contributed by atoms with Gasteiger partial charge in [-0.05, 0) is 72.7 Å². The summed E-state index contributed by atoms with van der Waals surface area (Å²) in [6, 6.07) is 48.1. The summed E-state index contributed by atoms with van der Waals surface area (Å²) >= 11 is 1.90. The molecule has 12 rings (SSSR count). The number of para-hydroxylation sites is 1. The highest BCUT2D eigenvalue weighted by molar-refractivity contribution is 7.26. The molecule has 2 aliphatic rings. The smallest absolute Gasteiger partial charge is 0.213 e. The third-order valence-electron chi connectivity index (χ3n) is 13.2. The van der Waals surface area contributed by atoms with Gasteiger partial charge in [-0.2, -0.15) is 9.13 Å². The van der Waals surface area contributed by atoms with Gasteiger partial charge in [0, 0.05) is 84.9 Å². The molecule has 52 heavy (non-hydrogen) atoms. The molecule has 3 nitrogen and oxygen atoms in total. The Morgan fingerprint density at radius 3 is 2.35 bits per heavy atom. The van der Waals surface area contributed by atoms with Gasteiger partial charge in [-0.25, -0.2) is 0 Å². The van der Waals surface area contributed by atoms with E-state index in [9.17, 15) is 0 Å². The molecule has 0 bridgehead atoms. The molecule has 0 amide bonds. The van der Waals surface area contributed by atoms with Gasteiger partial charge in [-0.1, -0.05) is 61.2 Å². The summed E-state index contributed by atoms with van der Waals surface area (Å²) in [6.07, 6.45) is 7.72. The van der Waals surface area contributed by atoms with Gasteiger partial charge >= 0.3 is 0 Å². The molecule has 0 aliphatic carbocycles. The van der Waals surface area contributed by atoms with Crippen molar-refractivity contribution in [2.45, 2.75) is 37.3 Å². The standard InChI is InChI=1S/C48H35N3S/c1-4-47(2)48(3,43-26-29-14-5-6-15-30(29)37-19-9-11-24-49(37)43)36-28-40-34(27-35(36)38-20-10-12-25-50(38)47)31-17-13-18-33-44-39(51(40)46(31)33)22-23-42-45(44)32-16-7-8-21-41(32)52-42/h4-25,27-28,43H,1,26H2,2-3H3/q+2. The van der Waals surface area contributed by atoms with Gasteiger partial charge in [0.25, 0.3) is 0 Å². The number of aromatic nitrogens is 3. The van der Waals surface area contributed by atoms with Crippen molar-refractivity contribution in [1.82, 2.24) is 4.40 Å². The van der Waals surface area contributed by atoms with Crippen LogP contribution in [0.1, 0.15) is 31.0 Å². The second kappa shape index (κ2) is 9.73. The highest BCUT2D eigenvalue weighted by Gasteiger charge is 2.64. The minimum atomic E-state index is -0.441. The van der Waals surface area contributed by atoms with Crippen molar-refractivity contribution in [1.29, 1.82) is 0 Å². The predicted molar refractivity (Wildman–Crippen MR) is 216 cm³/mol. The van der Waals surface area contributed by atoms with Gasteiger partial charge in [-0.15, -0.1) is 11.3 Å². The van der Waals surface area contributed by atoms with E-state index in [1.165, 1.54) is 91.9 Å². The van der Waals surface area contributed by atoms with E-state index in [1.807, 2.05) is 11.3 Å². The summed E-state index contributed by atoms with van der Waals surface area (Å²) in [5, 5.41) is 8.04. The number of nitrogens with zero attached hydrogens (tertiary/aromatic N) is 3. The number of thiophene rings is 1. The molecule has 0 spiro atoms. The van der Waals surface area contributed by atoms with E-state index in [0.717, 1.165) is 6.42 Å². The van der Waals surface area contributed by atoms with E-state index in [1.54, 1.807) is 0 Å². The van der Waals surface area contributed by atoms with E-state index in [-0.39, 0.29) is 11.5 Å². The second-order valence-corrected chi connectivity index (χ2v) is 16.3. The number of rotatable bonds is 2. The van der Waals surface area contributed by atoms with E-state index < -0.39 is 5.54 Å². The lowest BCUT2D eigenvalue weighted by atomic mass is 9.57. The predicted octanol–water partition coefficient (Wildman–Crippen LogP) is 11.1. The lowest BCUT2D eigenvalue weighted by Crippen LogP contribution is -2.72. The summed E-state index contributed by atoms with van der Waals surface area (Å²) in [5.74, 6) is 0. The van der Waals surface area contributed by atoms with Crippen LogP contribution in [0.15, 0.2) is 152 Å². The molecule has 4 heteroatoms. The maximum Gasteiger partial charge on any atom is 0.213 e. The van der Waals surface area contributed by atoms with Gasteiger partial charge in [0.05, 0.1) is 22.1 Å². The minimum Gasteiger partial charge on any atom is -0.308 e. The number of fused-ring (bicyclic) bond motifs is 16. The zero-order valence-electron chi connectivity index (χ0n) is 29.1. The maximum atomic E-state index is 4.60. The van der Waals surface area contributed by atoms with Crippen LogP contribution in [-0.2, 0) is 17.4 Å². The highest BCUT2D eigenvalue weighted by atomic mass is 32.1. The van der Waals surface area contributed by atoms with Crippen LogP contribution in [0.3, 0.4) is 0 Å². The van der Waals surface area contributed by atoms with E-state index >= 15 is 0 Å². The van der Waals surface area contributed by atoms with Crippen LogP contribution in [0.5, 0.6) is 0 Å². The zero-order valence-corrected chi connectivity index (χ0v) is 29.9. The SMILES string of the molecule is C=CC1(C)[n+]2ccccc2-c2cc3c4cccc5c6c7c(ccc6n(c3cc2C1(C)C1Cc2ccccc2-c2cccc[n+]21)c45)sc1ccccc17. The molecule has 3 unspecified atom stereocenters. The van der Waals surface area contributed by atoms with Crippen molar-refractivity contribution < 1.29 is 9.13 Å². The molecule has 5 aromatic heterocycles. The fourth-order valence-corrected chi connectivity index (χ4v) is 11.7. The first-order valence-electron chi connectivity index (χ1n) is 18.3. The molecule has 3 atom stereocenters. The van der Waals surface area contributed by atoms with Crippen molar-refractivity contribution in [3.05, 3.63) is 164 Å². The van der Waals surface area contributed by atoms with Crippen molar-refractivity contribution >= 4 is 69.6 Å². The minimum absolute atomic E-state index is 0.126. The molecular weight excluding hydrogens is 651 g/mol. The molecule has 2 aliphatic heterocycles. The molecule has 0 fully saturated rings. The van der Waals surface area contributed by atoms with Crippen molar-refractivity contribution in [3.63, 3.8) is 0 Å². The average Bonchev–Trinajstić information content (AvgIpc) is 3.85. The topological polar surface area (TPSA) is 12.2 Å². The lowest BCUT2D eigenvalue weighted by Gasteiger charge is -2.47. The lowest BCUT2D eigenvalue weighted by molar-refractivity contribution is -0.783. The summed E-state index contributed by atoms with van der Waals surface area (Å²) in [6.45, 7) is 9.52. The van der Waals surface area contributed by atoms with E-state index in [2.05, 4.69) is 180 Å². The summed E-state index contributed by atoms with van der Waals surface area (Å²) < 4.78 is 10.3. The Balaban J connectivity index is 1.24. The highest BCUT2D eigenvalue weighted by Crippen LogP contribution is 2.55. The summed E-state index contributed by atoms with van der Waals surface area (Å²) in [5.41, 5.74) is 10.9. The molecule has 0 saturated heterocycles. The van der Waals surface area contributed by atoms with Gasteiger partial charge in [0.15, 0.2) is 24.0 Å². The fraction of sp³-hybridized carbons (Fsp3) is 0.125. The monoisotopic (exact) mass is 685 g/mol. The third-order valence-corrected chi connectivity index (χ3v) is 14.3. The summed E-state index contributed by atoms with van der Waals surface area (Å²) in [7, 11) is 0. The van der Waals surface area contributed by atoms with Crippen molar-refractivity contribution in [2.75, 3.05) is 0 Å². The maximum absolute atomic E-state index is 4.60. The first-order chi connectivity index (χ1) is 25.5. The fourth-order valence-electron chi connectivity index (χ4n) is 10.6. The molecular formula is C48H35N3S+2. The van der Waals surface area contributed by atoms with Gasteiger partial charge in [0.1, 0.15) is 5.41 Å². The second-order valence-electron chi connectivity index (χ2n) is 15.3. The Labute approximate surface area is 305 Å². The average molecular weight is 686 g/mol. The largest absolute Gasteiger partial charge is 0.308 e.